The van der Waals surface area contributed by atoms with Gasteiger partial charge in [-0.1, -0.05) is 63.2 Å². The normalized spacial score (nSPS) is 20.5. The molecular formula is C93H110F12N18OS4. The van der Waals surface area contributed by atoms with E-state index in [0.29, 0.717) is 50.6 Å². The molecule has 4 spiro atoms. The quantitative estimate of drug-likeness (QED) is 0.0677. The highest BCUT2D eigenvalue weighted by atomic mass is 32.1. The number of halogens is 12. The second-order valence-electron chi connectivity index (χ2n) is 37.7. The van der Waals surface area contributed by atoms with Crippen molar-refractivity contribution in [2.24, 2.45) is 33.5 Å². The Morgan fingerprint density at radius 3 is 1.13 bits per heavy atom. The molecule has 0 radical (unpaired) electrons. The van der Waals surface area contributed by atoms with E-state index in [1.54, 1.807) is 24.3 Å². The molecule has 19 nitrogen and oxygen atoms in total. The maximum atomic E-state index is 12.9. The maximum Gasteiger partial charge on any atom is 0.393 e. The summed E-state index contributed by atoms with van der Waals surface area (Å²) in [6.45, 7) is 36.0. The van der Waals surface area contributed by atoms with Crippen molar-refractivity contribution in [2.45, 2.75) is 181 Å². The highest BCUT2D eigenvalue weighted by molar-refractivity contribution is 7.19. The third-order valence-corrected chi connectivity index (χ3v) is 32.8. The molecule has 9 saturated heterocycles. The second kappa shape index (κ2) is 38.2. The number of nitrogens with one attached hydrogen (secondary N) is 1. The van der Waals surface area contributed by atoms with Gasteiger partial charge < -0.3 is 44.0 Å². The highest BCUT2D eigenvalue weighted by Gasteiger charge is 2.47. The van der Waals surface area contributed by atoms with E-state index >= 15 is 0 Å². The summed E-state index contributed by atoms with van der Waals surface area (Å²) in [5, 5.41) is 4.14. The van der Waals surface area contributed by atoms with Crippen molar-refractivity contribution in [1.29, 1.82) is 0 Å². The molecule has 9 fully saturated rings. The van der Waals surface area contributed by atoms with E-state index in [0.717, 1.165) is 295 Å². The average Bonchev–Trinajstić information content (AvgIpc) is 1.62. The zero-order valence-electron chi connectivity index (χ0n) is 72.6. The molecule has 1 N–H and O–H groups in total. The molecule has 0 bridgehead atoms. The number of anilines is 4. The summed E-state index contributed by atoms with van der Waals surface area (Å²) in [5.74, 6) is 5.24. The van der Waals surface area contributed by atoms with Crippen LogP contribution in [0, 0.1) is 47.0 Å². The number of thiophene rings is 4. The van der Waals surface area contributed by atoms with Gasteiger partial charge >= 0.3 is 24.7 Å². The number of alkyl halides is 12. The summed E-state index contributed by atoms with van der Waals surface area (Å²) in [4.78, 5) is 64.6. The number of aromatic amines is 1. The third-order valence-electron chi connectivity index (χ3n) is 28.6. The molecule has 1 unspecified atom stereocenters. The lowest BCUT2D eigenvalue weighted by Gasteiger charge is -2.41. The van der Waals surface area contributed by atoms with Gasteiger partial charge in [-0.05, 0) is 236 Å². The second-order valence-corrected chi connectivity index (χ2v) is 42.1. The van der Waals surface area contributed by atoms with Crippen molar-refractivity contribution in [2.75, 3.05) is 151 Å². The molecule has 9 aliphatic rings. The maximum absolute atomic E-state index is 12.9. The van der Waals surface area contributed by atoms with Crippen LogP contribution in [0.2, 0.25) is 0 Å². The summed E-state index contributed by atoms with van der Waals surface area (Å²) in [6.07, 6.45) is 2.71. The molecule has 686 valence electrons. The lowest BCUT2D eigenvalue weighted by molar-refractivity contribution is -0.127. The molecule has 2 aromatic carbocycles. The van der Waals surface area contributed by atoms with E-state index in [2.05, 4.69) is 146 Å². The number of piperidine rings is 4. The fraction of sp³-hybridized carbons (Fsp3) is 0.581. The van der Waals surface area contributed by atoms with Gasteiger partial charge in [0.1, 0.15) is 73.4 Å². The minimum atomic E-state index is -4.23. The summed E-state index contributed by atoms with van der Waals surface area (Å²) in [6, 6.07) is 23.3. The lowest BCUT2D eigenvalue weighted by atomic mass is 9.77. The fourth-order valence-electron chi connectivity index (χ4n) is 21.2. The Labute approximate surface area is 753 Å². The monoisotopic (exact) mass is 1850 g/mol. The molecule has 0 aliphatic carbocycles. The number of rotatable bonds is 17. The predicted octanol–water partition coefficient (Wildman–Crippen LogP) is 21.6. The molecule has 11 aromatic rings. The number of hydrogen-bond acceptors (Lipinski definition) is 21. The fourth-order valence-corrected chi connectivity index (χ4v) is 25.2. The number of likely N-dealkylation sites (tertiary alicyclic amines) is 4. The van der Waals surface area contributed by atoms with Crippen molar-refractivity contribution < 1.29 is 57.4 Å². The summed E-state index contributed by atoms with van der Waals surface area (Å²) in [5.41, 5.74) is 5.97. The first-order valence-corrected chi connectivity index (χ1v) is 48.2. The largest absolute Gasteiger partial charge is 0.393 e. The number of benzene rings is 2. The summed E-state index contributed by atoms with van der Waals surface area (Å²) in [7, 11) is 0. The molecule has 18 heterocycles. The Kier molecular flexibility index (Phi) is 27.3. The topological polar surface area (TPSA) is 158 Å². The Morgan fingerprint density at radius 2 is 0.781 bits per heavy atom. The van der Waals surface area contributed by atoms with Gasteiger partial charge in [0.25, 0.3) is 0 Å². The minimum Gasteiger partial charge on any atom is -0.381 e. The third kappa shape index (κ3) is 22.2. The Balaban J connectivity index is 0.000000121. The van der Waals surface area contributed by atoms with E-state index in [1.807, 2.05) is 12.1 Å². The highest BCUT2D eigenvalue weighted by Crippen LogP contribution is 2.50. The van der Waals surface area contributed by atoms with Crippen LogP contribution in [0.5, 0.6) is 0 Å². The molecule has 9 aliphatic heterocycles. The van der Waals surface area contributed by atoms with E-state index in [-0.39, 0.29) is 15.7 Å². The van der Waals surface area contributed by atoms with Crippen LogP contribution in [-0.4, -0.2) is 220 Å². The van der Waals surface area contributed by atoms with Crippen molar-refractivity contribution in [3.8, 4) is 0 Å². The van der Waals surface area contributed by atoms with Crippen LogP contribution in [-0.2, 0) is 43.5 Å². The number of H-pyrrole nitrogens is 1. The number of hydrogen-bond donors (Lipinski definition) is 1. The zero-order chi connectivity index (χ0) is 89.4. The number of aromatic nitrogens is 9. The van der Waals surface area contributed by atoms with Crippen LogP contribution in [0.3, 0.4) is 0 Å². The average molecular weight is 1850 g/mol. The van der Waals surface area contributed by atoms with Crippen molar-refractivity contribution >= 4 is 126 Å². The van der Waals surface area contributed by atoms with Gasteiger partial charge in [0.05, 0.1) is 47.2 Å². The summed E-state index contributed by atoms with van der Waals surface area (Å²) >= 11 is 4.48. The van der Waals surface area contributed by atoms with E-state index in [1.165, 1.54) is 100 Å². The number of nitrogens with zero attached hydrogens (tertiary/aromatic N) is 17. The van der Waals surface area contributed by atoms with Gasteiger partial charge in [0.2, 0.25) is 5.82 Å². The number of ether oxygens (including phenoxy) is 1. The number of fused-ring (bicyclic) bond motifs is 5. The Morgan fingerprint density at radius 1 is 0.438 bits per heavy atom. The van der Waals surface area contributed by atoms with Crippen LogP contribution >= 0.6 is 45.3 Å². The van der Waals surface area contributed by atoms with Crippen LogP contribution < -0.4 is 19.6 Å². The molecule has 0 saturated carbocycles. The molecule has 9 aromatic heterocycles. The van der Waals surface area contributed by atoms with E-state index < -0.39 is 50.4 Å². The van der Waals surface area contributed by atoms with Gasteiger partial charge in [0, 0.05) is 117 Å². The minimum absolute atomic E-state index is 0.211. The van der Waals surface area contributed by atoms with Crippen LogP contribution in [0.4, 0.5) is 81.8 Å². The molecule has 0 amide bonds. The van der Waals surface area contributed by atoms with Gasteiger partial charge in [0.15, 0.2) is 0 Å². The van der Waals surface area contributed by atoms with E-state index in [4.69, 9.17) is 11.3 Å². The van der Waals surface area contributed by atoms with Gasteiger partial charge in [-0.25, -0.2) is 39.9 Å². The smallest absolute Gasteiger partial charge is 0.381 e. The van der Waals surface area contributed by atoms with Gasteiger partial charge in [-0.15, -0.1) is 45.3 Å². The van der Waals surface area contributed by atoms with Crippen LogP contribution in [0.1, 0.15) is 146 Å². The van der Waals surface area contributed by atoms with Crippen molar-refractivity contribution in [1.82, 2.24) is 64.5 Å². The Bertz CT molecular complexity index is 5650. The predicted molar refractivity (Wildman–Crippen MR) is 485 cm³/mol. The summed E-state index contributed by atoms with van der Waals surface area (Å²) < 4.78 is 160. The molecule has 1 atom stereocenters. The van der Waals surface area contributed by atoms with Crippen molar-refractivity contribution in [3.05, 3.63) is 146 Å². The van der Waals surface area contributed by atoms with Gasteiger partial charge in [-0.2, -0.15) is 52.7 Å². The molecule has 35 heteroatoms. The molecule has 128 heavy (non-hydrogen) atoms. The van der Waals surface area contributed by atoms with Gasteiger partial charge in [-0.3, -0.25) is 9.80 Å². The van der Waals surface area contributed by atoms with Crippen LogP contribution in [0.25, 0.3) is 56.6 Å². The van der Waals surface area contributed by atoms with Crippen molar-refractivity contribution in [3.63, 3.8) is 0 Å². The SMILES string of the molecule is CCC(C)CN1CCC2(CC1)CCN(c1ncnc3sc(CC(F)(F)F)cc13)C2.FC(F)(F)Cc1cc2c(N3CCC4(CCN(CC5CCOCC5)CC4)C3)ncnc2s1.FC(F)(F)Cc1cc2c(N3CCC4(CCN(Cc5ccccc5)CC4)C3)ncnc2s1.[C-]#[N+]c1cc2c(C)c(CN3CCC4(CC3)CCN(c3ncnc5sc(CC(F)(F)F)cc35)C4)ccc2[nH]1. The molecular weight excluding hydrogens is 1740 g/mol. The first-order valence-electron chi connectivity index (χ1n) is 45.0. The van der Waals surface area contributed by atoms with Crippen LogP contribution in [0.15, 0.2) is 98.1 Å². The first kappa shape index (κ1) is 91.7. The molecule has 20 rings (SSSR count). The van der Waals surface area contributed by atoms with E-state index in [9.17, 15) is 52.7 Å². The zero-order valence-corrected chi connectivity index (χ0v) is 75.8. The number of aryl methyl sites for hydroxylation is 1. The Hall–Kier alpha value is -8.21. The first-order chi connectivity index (χ1) is 61.3. The lowest BCUT2D eigenvalue weighted by Crippen LogP contribution is -2.44. The standard InChI is InChI=1S/C27H27F3N6S.C23H25F3N4S.C22H29F3N4OS.C21H29F3N4S/c1-17-18(3-4-22-20(17)12-23(31-2)34-22)14-35-8-5-26(6-9-35)7-10-36(15-26)24-21-11-19(13-27(28,29)30)37-25(21)33-16-32-24;24-23(25,26)13-18-12-19-20(27-16-28-21(19)31-18)30-11-8-22(15-30)6-9-29(10-7-22)14-17-4-2-1-3-5-17;23-22(24,25)12-17-11-18-19(26-15-27-20(18)31-17)29-8-5-21(14-29)3-6-28(7-4-21)13-16-1-9-30-10-2-16;1-3-15(2)12-27-7-4-20(5-8-27)6-9-28(13-20)18-17-10-16(11-21(22,23)24)29-19(17)26-14-25-18/h3-4,11-12,16,34H,5-10,13-15H2,1H3;1-5,12,16H,6-11,13-15H2;11,15-16H,1-10,12-14H2;10,14-15H,3-9,11-13H2,1-2H3.